The van der Waals surface area contributed by atoms with Gasteiger partial charge < -0.3 is 16.6 Å². The summed E-state index contributed by atoms with van der Waals surface area (Å²) in [6.45, 7) is 0. The van der Waals surface area contributed by atoms with Gasteiger partial charge in [-0.05, 0) is 0 Å². The molecule has 0 unspecified atom stereocenters. The van der Waals surface area contributed by atoms with Crippen LogP contribution in [0.2, 0.25) is 0 Å². The number of hydrogen-bond acceptors (Lipinski definition) is 2. The molecule has 0 heterocycles. The molecule has 60 valence electrons. The maximum Gasteiger partial charge on any atom is 0.183 e. The zero-order chi connectivity index (χ0) is 8.69. The number of nitrogens with one attached hydrogen (secondary N) is 1. The van der Waals surface area contributed by atoms with E-state index in [2.05, 4.69) is 11.5 Å². The Morgan fingerprint density at radius 1 is 1.18 bits per heavy atom. The van der Waals surface area contributed by atoms with E-state index in [9.17, 15) is 5.11 Å². The molecule has 4 nitrogen and oxygen atoms in total. The standard InChI is InChI=1S/C6H6O.CH5N3/c7-6-4-2-1-3-5-6;2-1(3)4/h1-5,7H;(H5,2,3,4)/p-1. The van der Waals surface area contributed by atoms with Crippen molar-refractivity contribution < 1.29 is 5.11 Å². The molecule has 1 aromatic carbocycles. The van der Waals surface area contributed by atoms with Crippen molar-refractivity contribution in [2.24, 2.45) is 11.5 Å². The Labute approximate surface area is 65.0 Å². The van der Waals surface area contributed by atoms with Gasteiger partial charge in [0.25, 0.3) is 0 Å². The van der Waals surface area contributed by atoms with Crippen molar-refractivity contribution in [2.45, 2.75) is 0 Å². The largest absolute Gasteiger partial charge is 0.872 e. The Balaban J connectivity index is 0.000000218. The van der Waals surface area contributed by atoms with Crippen molar-refractivity contribution in [3.8, 4) is 5.75 Å². The Bertz CT molecular complexity index is 206. The van der Waals surface area contributed by atoms with Crippen LogP contribution in [0.1, 0.15) is 0 Å². The lowest BCUT2D eigenvalue weighted by Crippen LogP contribution is -2.20. The number of para-hydroxylation sites is 1. The third-order valence-corrected chi connectivity index (χ3v) is 0.743. The van der Waals surface area contributed by atoms with Crippen molar-refractivity contribution in [3.05, 3.63) is 30.3 Å². The fourth-order valence-corrected chi connectivity index (χ4v) is 0.420. The summed E-state index contributed by atoms with van der Waals surface area (Å²) in [6, 6.07) is 8.33. The van der Waals surface area contributed by atoms with E-state index >= 15 is 0 Å². The SMILES string of the molecule is N=C(N)N.[O-]c1ccccc1. The molecule has 0 spiro atoms. The van der Waals surface area contributed by atoms with E-state index < -0.39 is 0 Å². The Morgan fingerprint density at radius 3 is 1.73 bits per heavy atom. The Morgan fingerprint density at radius 2 is 1.55 bits per heavy atom. The van der Waals surface area contributed by atoms with Crippen LogP contribution in [-0.4, -0.2) is 5.96 Å². The van der Waals surface area contributed by atoms with Crippen LogP contribution in [0.25, 0.3) is 0 Å². The maximum atomic E-state index is 10.3. The van der Waals surface area contributed by atoms with Crippen LogP contribution in [0, 0.1) is 5.41 Å². The van der Waals surface area contributed by atoms with Gasteiger partial charge in [0, 0.05) is 0 Å². The van der Waals surface area contributed by atoms with Crippen LogP contribution in [0.5, 0.6) is 5.75 Å². The molecule has 0 bridgehead atoms. The molecule has 1 aromatic rings. The second-order valence-corrected chi connectivity index (χ2v) is 1.77. The minimum absolute atomic E-state index is 0.0718. The van der Waals surface area contributed by atoms with Gasteiger partial charge in [0.15, 0.2) is 5.96 Å². The molecule has 0 fully saturated rings. The molecular formula is C7H10N3O-. The molecular weight excluding hydrogens is 142 g/mol. The fraction of sp³-hybridized carbons (Fsp3) is 0. The molecule has 0 saturated heterocycles. The number of hydrogen-bond donors (Lipinski definition) is 3. The highest BCUT2D eigenvalue weighted by molar-refractivity contribution is 5.71. The molecule has 0 aliphatic carbocycles. The molecule has 0 radical (unpaired) electrons. The molecule has 0 amide bonds. The summed E-state index contributed by atoms with van der Waals surface area (Å²) in [6.07, 6.45) is 0. The summed E-state index contributed by atoms with van der Waals surface area (Å²) in [7, 11) is 0. The van der Waals surface area contributed by atoms with Gasteiger partial charge in [-0.1, -0.05) is 30.3 Å². The van der Waals surface area contributed by atoms with E-state index in [1.165, 1.54) is 12.1 Å². The number of benzene rings is 1. The highest BCUT2D eigenvalue weighted by Gasteiger charge is 1.64. The maximum absolute atomic E-state index is 10.3. The lowest BCUT2D eigenvalue weighted by molar-refractivity contribution is -0.268. The van der Waals surface area contributed by atoms with Gasteiger partial charge in [0.1, 0.15) is 0 Å². The highest BCUT2D eigenvalue weighted by atomic mass is 16.3. The van der Waals surface area contributed by atoms with Crippen LogP contribution in [0.4, 0.5) is 0 Å². The van der Waals surface area contributed by atoms with E-state index in [4.69, 9.17) is 5.41 Å². The van der Waals surface area contributed by atoms with E-state index in [1.54, 1.807) is 12.1 Å². The third kappa shape index (κ3) is 8.29. The minimum atomic E-state index is -0.333. The first-order valence-electron chi connectivity index (χ1n) is 2.94. The molecule has 0 aromatic heterocycles. The normalized spacial score (nSPS) is 7.64. The second-order valence-electron chi connectivity index (χ2n) is 1.77. The molecule has 0 saturated carbocycles. The van der Waals surface area contributed by atoms with Gasteiger partial charge in [0.2, 0.25) is 0 Å². The van der Waals surface area contributed by atoms with Crippen LogP contribution in [0.15, 0.2) is 30.3 Å². The average molecular weight is 152 g/mol. The quantitative estimate of drug-likeness (QED) is 0.348. The predicted octanol–water partition coefficient (Wildman–Crippen LogP) is -0.401. The van der Waals surface area contributed by atoms with E-state index in [1.807, 2.05) is 6.07 Å². The molecule has 0 aliphatic rings. The molecule has 0 aliphatic heterocycles. The van der Waals surface area contributed by atoms with Crippen molar-refractivity contribution in [2.75, 3.05) is 0 Å². The van der Waals surface area contributed by atoms with Gasteiger partial charge in [-0.15, -0.1) is 5.75 Å². The van der Waals surface area contributed by atoms with Crippen molar-refractivity contribution in [3.63, 3.8) is 0 Å². The van der Waals surface area contributed by atoms with E-state index in [0.717, 1.165) is 0 Å². The lowest BCUT2D eigenvalue weighted by atomic mass is 10.3. The summed E-state index contributed by atoms with van der Waals surface area (Å²) < 4.78 is 0. The van der Waals surface area contributed by atoms with Gasteiger partial charge in [-0.3, -0.25) is 5.41 Å². The smallest absolute Gasteiger partial charge is 0.183 e. The zero-order valence-corrected chi connectivity index (χ0v) is 5.95. The highest BCUT2D eigenvalue weighted by Crippen LogP contribution is 1.98. The number of nitrogens with two attached hydrogens (primary N) is 2. The van der Waals surface area contributed by atoms with Crippen molar-refractivity contribution in [1.29, 1.82) is 5.41 Å². The monoisotopic (exact) mass is 152 g/mol. The van der Waals surface area contributed by atoms with Gasteiger partial charge in [-0.25, -0.2) is 0 Å². The van der Waals surface area contributed by atoms with Crippen LogP contribution in [-0.2, 0) is 0 Å². The number of guanidine groups is 1. The summed E-state index contributed by atoms with van der Waals surface area (Å²) in [5.41, 5.74) is 8.94. The zero-order valence-electron chi connectivity index (χ0n) is 5.95. The van der Waals surface area contributed by atoms with Gasteiger partial charge >= 0.3 is 0 Å². The van der Waals surface area contributed by atoms with Crippen LogP contribution < -0.4 is 16.6 Å². The topological polar surface area (TPSA) is 99.0 Å². The van der Waals surface area contributed by atoms with Crippen molar-refractivity contribution in [1.82, 2.24) is 0 Å². The van der Waals surface area contributed by atoms with Crippen molar-refractivity contribution >= 4 is 5.96 Å². The predicted molar refractivity (Wildman–Crippen MR) is 42.0 cm³/mol. The fourth-order valence-electron chi connectivity index (χ4n) is 0.420. The van der Waals surface area contributed by atoms with Gasteiger partial charge in [0.05, 0.1) is 0 Å². The lowest BCUT2D eigenvalue weighted by Gasteiger charge is -1.98. The Kier molecular flexibility index (Phi) is 4.31. The van der Waals surface area contributed by atoms with Crippen LogP contribution in [0.3, 0.4) is 0 Å². The first kappa shape index (κ1) is 9.29. The molecule has 1 rings (SSSR count). The first-order chi connectivity index (χ1) is 5.13. The average Bonchev–Trinajstić information content (AvgIpc) is 1.87. The summed E-state index contributed by atoms with van der Waals surface area (Å²) >= 11 is 0. The second kappa shape index (κ2) is 5.10. The number of rotatable bonds is 0. The van der Waals surface area contributed by atoms with Gasteiger partial charge in [-0.2, -0.15) is 0 Å². The third-order valence-electron chi connectivity index (χ3n) is 0.743. The summed E-state index contributed by atoms with van der Waals surface area (Å²) in [5.74, 6) is -0.262. The first-order valence-corrected chi connectivity index (χ1v) is 2.94. The minimum Gasteiger partial charge on any atom is -0.872 e. The summed E-state index contributed by atoms with van der Waals surface area (Å²) in [5, 5.41) is 16.3. The molecule has 5 N–H and O–H groups in total. The van der Waals surface area contributed by atoms with E-state index in [0.29, 0.717) is 0 Å². The molecule has 0 atom stereocenters. The van der Waals surface area contributed by atoms with E-state index in [-0.39, 0.29) is 11.7 Å². The molecule has 11 heavy (non-hydrogen) atoms. The Hall–Kier alpha value is -1.71. The molecule has 4 heteroatoms. The summed E-state index contributed by atoms with van der Waals surface area (Å²) in [4.78, 5) is 0. The van der Waals surface area contributed by atoms with Crippen LogP contribution >= 0.6 is 0 Å².